The lowest BCUT2D eigenvalue weighted by Gasteiger charge is -2.32. The molecule has 0 radical (unpaired) electrons. The van der Waals surface area contributed by atoms with Gasteiger partial charge in [-0.15, -0.1) is 0 Å². The lowest BCUT2D eigenvalue weighted by Crippen LogP contribution is -2.41. The van der Waals surface area contributed by atoms with Crippen LogP contribution in [0.2, 0.25) is 0 Å². The van der Waals surface area contributed by atoms with E-state index in [1.807, 2.05) is 28.7 Å². The number of H-pyrrole nitrogens is 1. The maximum absolute atomic E-state index is 12.7. The molecular formula is C19H23N5O. The van der Waals surface area contributed by atoms with Gasteiger partial charge in [-0.1, -0.05) is 12.1 Å². The van der Waals surface area contributed by atoms with Gasteiger partial charge in [0.15, 0.2) is 0 Å². The van der Waals surface area contributed by atoms with Crippen LogP contribution in [0.4, 0.5) is 0 Å². The number of carbonyl (C=O) groups is 1. The molecule has 1 aliphatic rings. The summed E-state index contributed by atoms with van der Waals surface area (Å²) < 4.78 is 1.90. The van der Waals surface area contributed by atoms with Gasteiger partial charge >= 0.3 is 0 Å². The molecule has 1 amide bonds. The molecule has 0 bridgehead atoms. The predicted molar refractivity (Wildman–Crippen MR) is 96.3 cm³/mol. The third kappa shape index (κ3) is 3.04. The van der Waals surface area contributed by atoms with Gasteiger partial charge in [0.05, 0.1) is 11.0 Å². The summed E-state index contributed by atoms with van der Waals surface area (Å²) in [5.74, 6) is 2.29. The van der Waals surface area contributed by atoms with Gasteiger partial charge in [-0.3, -0.25) is 4.79 Å². The number of piperidine rings is 1. The summed E-state index contributed by atoms with van der Waals surface area (Å²) >= 11 is 0. The van der Waals surface area contributed by atoms with Gasteiger partial charge in [-0.2, -0.15) is 0 Å². The number of aromatic amines is 1. The SMILES string of the molecule is Cc1cccc2[nH]c([C@H]3CCCN(C(=O)Cn4ccnc4C)C3)nc12. The number of benzene rings is 1. The van der Waals surface area contributed by atoms with E-state index in [4.69, 9.17) is 4.98 Å². The maximum Gasteiger partial charge on any atom is 0.242 e. The average Bonchev–Trinajstić information content (AvgIpc) is 3.23. The van der Waals surface area contributed by atoms with E-state index >= 15 is 0 Å². The highest BCUT2D eigenvalue weighted by Crippen LogP contribution is 2.27. The van der Waals surface area contributed by atoms with E-state index in [1.54, 1.807) is 6.20 Å². The molecule has 1 atom stereocenters. The smallest absolute Gasteiger partial charge is 0.242 e. The Bertz CT molecular complexity index is 910. The number of hydrogen-bond acceptors (Lipinski definition) is 3. The summed E-state index contributed by atoms with van der Waals surface area (Å²) in [6, 6.07) is 6.19. The van der Waals surface area contributed by atoms with Gasteiger partial charge in [0.1, 0.15) is 18.2 Å². The van der Waals surface area contributed by atoms with Gasteiger partial charge in [0.25, 0.3) is 0 Å². The lowest BCUT2D eigenvalue weighted by atomic mass is 9.97. The summed E-state index contributed by atoms with van der Waals surface area (Å²) in [7, 11) is 0. The zero-order valence-electron chi connectivity index (χ0n) is 14.7. The second-order valence-corrected chi connectivity index (χ2v) is 6.87. The maximum atomic E-state index is 12.7. The molecule has 4 rings (SSSR count). The van der Waals surface area contributed by atoms with Crippen LogP contribution in [-0.2, 0) is 11.3 Å². The van der Waals surface area contributed by atoms with Crippen LogP contribution in [0.1, 0.15) is 36.0 Å². The van der Waals surface area contributed by atoms with Crippen LogP contribution in [0.15, 0.2) is 30.6 Å². The van der Waals surface area contributed by atoms with Crippen molar-refractivity contribution in [2.24, 2.45) is 0 Å². The summed E-state index contributed by atoms with van der Waals surface area (Å²) in [6.07, 6.45) is 5.66. The van der Waals surface area contributed by atoms with Gasteiger partial charge in [-0.25, -0.2) is 9.97 Å². The molecule has 0 aliphatic carbocycles. The van der Waals surface area contributed by atoms with Crippen LogP contribution < -0.4 is 0 Å². The van der Waals surface area contributed by atoms with Crippen molar-refractivity contribution in [3.05, 3.63) is 47.8 Å². The largest absolute Gasteiger partial charge is 0.342 e. The normalized spacial score (nSPS) is 18.0. The highest BCUT2D eigenvalue weighted by molar-refractivity contribution is 5.79. The van der Waals surface area contributed by atoms with Gasteiger partial charge in [0, 0.05) is 31.4 Å². The number of aromatic nitrogens is 4. The van der Waals surface area contributed by atoms with Crippen LogP contribution in [-0.4, -0.2) is 43.4 Å². The minimum Gasteiger partial charge on any atom is -0.342 e. The summed E-state index contributed by atoms with van der Waals surface area (Å²) in [5.41, 5.74) is 3.29. The fraction of sp³-hybridized carbons (Fsp3) is 0.421. The topological polar surface area (TPSA) is 66.8 Å². The van der Waals surface area contributed by atoms with Gasteiger partial charge in [0.2, 0.25) is 5.91 Å². The number of amides is 1. The Balaban J connectivity index is 1.51. The number of hydrogen-bond donors (Lipinski definition) is 1. The Kier molecular flexibility index (Phi) is 4.03. The Labute approximate surface area is 146 Å². The highest BCUT2D eigenvalue weighted by atomic mass is 16.2. The van der Waals surface area contributed by atoms with Crippen molar-refractivity contribution < 1.29 is 4.79 Å². The van der Waals surface area contributed by atoms with Crippen molar-refractivity contribution in [3.63, 3.8) is 0 Å². The molecule has 1 N–H and O–H groups in total. The zero-order valence-corrected chi connectivity index (χ0v) is 14.7. The van der Waals surface area contributed by atoms with E-state index in [1.165, 1.54) is 5.56 Å². The number of likely N-dealkylation sites (tertiary alicyclic amines) is 1. The second kappa shape index (κ2) is 6.35. The Morgan fingerprint density at radius 1 is 1.36 bits per heavy atom. The minimum atomic E-state index is 0.151. The first kappa shape index (κ1) is 15.9. The molecule has 6 heteroatoms. The monoisotopic (exact) mass is 337 g/mol. The van der Waals surface area contributed by atoms with Crippen LogP contribution in [0, 0.1) is 13.8 Å². The molecule has 0 saturated carbocycles. The Morgan fingerprint density at radius 2 is 2.24 bits per heavy atom. The second-order valence-electron chi connectivity index (χ2n) is 6.87. The molecule has 1 fully saturated rings. The van der Waals surface area contributed by atoms with Crippen LogP contribution in [0.3, 0.4) is 0 Å². The van der Waals surface area contributed by atoms with E-state index in [0.717, 1.165) is 48.6 Å². The number of nitrogens with zero attached hydrogens (tertiary/aromatic N) is 4. The number of nitrogens with one attached hydrogen (secondary N) is 1. The zero-order chi connectivity index (χ0) is 17.4. The summed E-state index contributed by atoms with van der Waals surface area (Å²) in [4.78, 5) is 27.1. The molecular weight excluding hydrogens is 314 g/mol. The van der Waals surface area contributed by atoms with Gasteiger partial charge < -0.3 is 14.5 Å². The standard InChI is InChI=1S/C19H23N5O/c1-13-5-3-7-16-18(13)22-19(21-16)15-6-4-9-24(11-15)17(25)12-23-10-8-20-14(23)2/h3,5,7-8,10,15H,4,6,9,11-12H2,1-2H3,(H,21,22)/t15-/m0/s1. The van der Waals surface area contributed by atoms with Crippen LogP contribution in [0.25, 0.3) is 11.0 Å². The van der Waals surface area contributed by atoms with Crippen LogP contribution in [0.5, 0.6) is 0 Å². The number of para-hydroxylation sites is 1. The molecule has 130 valence electrons. The van der Waals surface area contributed by atoms with E-state index in [2.05, 4.69) is 29.0 Å². The van der Waals surface area contributed by atoms with Crippen molar-refractivity contribution in [2.75, 3.05) is 13.1 Å². The molecule has 6 nitrogen and oxygen atoms in total. The molecule has 1 aromatic carbocycles. The molecule has 1 saturated heterocycles. The molecule has 2 aromatic heterocycles. The molecule has 3 heterocycles. The lowest BCUT2D eigenvalue weighted by molar-refractivity contribution is -0.133. The Hall–Kier alpha value is -2.63. The van der Waals surface area contributed by atoms with E-state index in [-0.39, 0.29) is 11.8 Å². The molecule has 25 heavy (non-hydrogen) atoms. The number of carbonyl (C=O) groups excluding carboxylic acids is 1. The van der Waals surface area contributed by atoms with Crippen LogP contribution >= 0.6 is 0 Å². The average molecular weight is 337 g/mol. The minimum absolute atomic E-state index is 0.151. The number of fused-ring (bicyclic) bond motifs is 1. The first-order chi connectivity index (χ1) is 12.1. The van der Waals surface area contributed by atoms with Crippen molar-refractivity contribution in [1.29, 1.82) is 0 Å². The quantitative estimate of drug-likeness (QED) is 0.799. The number of imidazole rings is 2. The Morgan fingerprint density at radius 3 is 3.00 bits per heavy atom. The third-order valence-corrected chi connectivity index (χ3v) is 5.12. The van der Waals surface area contributed by atoms with Crippen molar-refractivity contribution >= 4 is 16.9 Å². The first-order valence-corrected chi connectivity index (χ1v) is 8.82. The van der Waals surface area contributed by atoms with Crippen molar-refractivity contribution in [3.8, 4) is 0 Å². The molecule has 1 aliphatic heterocycles. The first-order valence-electron chi connectivity index (χ1n) is 8.82. The summed E-state index contributed by atoms with van der Waals surface area (Å²) in [6.45, 7) is 5.91. The highest BCUT2D eigenvalue weighted by Gasteiger charge is 2.27. The molecule has 3 aromatic rings. The molecule has 0 unspecified atom stereocenters. The third-order valence-electron chi connectivity index (χ3n) is 5.12. The van der Waals surface area contributed by atoms with Crippen molar-refractivity contribution in [2.45, 2.75) is 39.2 Å². The van der Waals surface area contributed by atoms with E-state index in [0.29, 0.717) is 6.54 Å². The van der Waals surface area contributed by atoms with E-state index in [9.17, 15) is 4.79 Å². The van der Waals surface area contributed by atoms with Gasteiger partial charge in [-0.05, 0) is 38.3 Å². The van der Waals surface area contributed by atoms with E-state index < -0.39 is 0 Å². The fourth-order valence-corrected chi connectivity index (χ4v) is 3.63. The fourth-order valence-electron chi connectivity index (χ4n) is 3.63. The summed E-state index contributed by atoms with van der Waals surface area (Å²) in [5, 5.41) is 0. The van der Waals surface area contributed by atoms with Crippen molar-refractivity contribution in [1.82, 2.24) is 24.4 Å². The molecule has 0 spiro atoms. The number of rotatable bonds is 3. The predicted octanol–water partition coefficient (Wildman–Crippen LogP) is 2.78. The number of aryl methyl sites for hydroxylation is 2.